The first-order chi connectivity index (χ1) is 9.54. The summed E-state index contributed by atoms with van der Waals surface area (Å²) in [5, 5.41) is 9.28. The zero-order valence-corrected chi connectivity index (χ0v) is 11.6. The number of nitriles is 1. The lowest BCUT2D eigenvalue weighted by Gasteiger charge is -2.18. The van der Waals surface area contributed by atoms with Crippen LogP contribution < -0.4 is 4.90 Å². The van der Waals surface area contributed by atoms with Crippen molar-refractivity contribution in [1.82, 2.24) is 0 Å². The SMILES string of the molecule is Cc1cccc(N2C(=O)C3CC(C)CC3C2=O)c1C#N. The highest BCUT2D eigenvalue weighted by atomic mass is 16.2. The van der Waals surface area contributed by atoms with E-state index >= 15 is 0 Å². The number of aryl methyl sites for hydroxylation is 1. The van der Waals surface area contributed by atoms with Crippen LogP contribution in [0.15, 0.2) is 18.2 Å². The average Bonchev–Trinajstić information content (AvgIpc) is 2.89. The Morgan fingerprint density at radius 1 is 1.20 bits per heavy atom. The fraction of sp³-hybridized carbons (Fsp3) is 0.438. The maximum Gasteiger partial charge on any atom is 0.237 e. The largest absolute Gasteiger partial charge is 0.274 e. The van der Waals surface area contributed by atoms with E-state index in [1.807, 2.05) is 13.0 Å². The van der Waals surface area contributed by atoms with Gasteiger partial charge in [0, 0.05) is 0 Å². The first kappa shape index (κ1) is 12.9. The van der Waals surface area contributed by atoms with Crippen LogP contribution in [0, 0.1) is 36.0 Å². The number of imide groups is 1. The van der Waals surface area contributed by atoms with Crippen LogP contribution in [0.2, 0.25) is 0 Å². The van der Waals surface area contributed by atoms with E-state index < -0.39 is 0 Å². The number of carbonyl (C=O) groups is 2. The molecule has 0 aromatic heterocycles. The molecule has 3 rings (SSSR count). The molecule has 2 atom stereocenters. The van der Waals surface area contributed by atoms with Gasteiger partial charge in [0.25, 0.3) is 0 Å². The Hall–Kier alpha value is -2.15. The van der Waals surface area contributed by atoms with Gasteiger partial charge in [0.1, 0.15) is 6.07 Å². The summed E-state index contributed by atoms with van der Waals surface area (Å²) in [7, 11) is 0. The number of hydrogen-bond donors (Lipinski definition) is 0. The number of rotatable bonds is 1. The molecule has 1 aliphatic carbocycles. The van der Waals surface area contributed by atoms with Gasteiger partial charge in [-0.2, -0.15) is 5.26 Å². The number of hydrogen-bond acceptors (Lipinski definition) is 3. The molecule has 0 bridgehead atoms. The Morgan fingerprint density at radius 3 is 2.35 bits per heavy atom. The van der Waals surface area contributed by atoms with E-state index in [1.54, 1.807) is 12.1 Å². The summed E-state index contributed by atoms with van der Waals surface area (Å²) >= 11 is 0. The van der Waals surface area contributed by atoms with Crippen LogP contribution >= 0.6 is 0 Å². The maximum absolute atomic E-state index is 12.5. The normalized spacial score (nSPS) is 28.6. The van der Waals surface area contributed by atoms with Crippen LogP contribution in [0.4, 0.5) is 5.69 Å². The van der Waals surface area contributed by atoms with E-state index in [-0.39, 0.29) is 23.7 Å². The van der Waals surface area contributed by atoms with Gasteiger partial charge in [0.15, 0.2) is 0 Å². The van der Waals surface area contributed by atoms with E-state index in [1.165, 1.54) is 4.90 Å². The zero-order chi connectivity index (χ0) is 14.4. The smallest absolute Gasteiger partial charge is 0.237 e. The molecule has 1 aromatic carbocycles. The number of amides is 2. The Bertz CT molecular complexity index is 620. The molecule has 0 radical (unpaired) electrons. The maximum atomic E-state index is 12.5. The summed E-state index contributed by atoms with van der Waals surface area (Å²) in [5.74, 6) is -0.222. The second-order valence-corrected chi connectivity index (χ2v) is 5.88. The fourth-order valence-electron chi connectivity index (χ4n) is 3.50. The van der Waals surface area contributed by atoms with Crippen LogP contribution in [0.1, 0.15) is 30.9 Å². The molecule has 1 aliphatic heterocycles. The van der Waals surface area contributed by atoms with Crippen molar-refractivity contribution >= 4 is 17.5 Å². The molecule has 2 aliphatic rings. The summed E-state index contributed by atoms with van der Waals surface area (Å²) in [5.41, 5.74) is 1.66. The molecule has 4 nitrogen and oxygen atoms in total. The van der Waals surface area contributed by atoms with Gasteiger partial charge in [-0.25, -0.2) is 4.90 Å². The van der Waals surface area contributed by atoms with Gasteiger partial charge in [-0.1, -0.05) is 19.1 Å². The summed E-state index contributed by atoms with van der Waals surface area (Å²) in [6, 6.07) is 7.39. The van der Waals surface area contributed by atoms with Gasteiger partial charge < -0.3 is 0 Å². The van der Waals surface area contributed by atoms with Crippen molar-refractivity contribution in [2.75, 3.05) is 4.90 Å². The minimum absolute atomic E-state index is 0.133. The van der Waals surface area contributed by atoms with Crippen LogP contribution in [0.25, 0.3) is 0 Å². The Morgan fingerprint density at radius 2 is 1.80 bits per heavy atom. The summed E-state index contributed by atoms with van der Waals surface area (Å²) in [6.07, 6.45) is 1.55. The lowest BCUT2D eigenvalue weighted by atomic mass is 10.00. The molecule has 20 heavy (non-hydrogen) atoms. The van der Waals surface area contributed by atoms with Crippen LogP contribution in [0.3, 0.4) is 0 Å². The van der Waals surface area contributed by atoms with E-state index in [0.29, 0.717) is 17.2 Å². The van der Waals surface area contributed by atoms with Gasteiger partial charge in [0.2, 0.25) is 11.8 Å². The number of carbonyl (C=O) groups excluding carboxylic acids is 2. The highest BCUT2D eigenvalue weighted by Crippen LogP contribution is 2.44. The Kier molecular flexibility index (Phi) is 2.86. The monoisotopic (exact) mass is 268 g/mol. The molecule has 4 heteroatoms. The van der Waals surface area contributed by atoms with Crippen molar-refractivity contribution in [3.63, 3.8) is 0 Å². The fourth-order valence-corrected chi connectivity index (χ4v) is 3.50. The standard InChI is InChI=1S/C16H16N2O2/c1-9-6-11-12(7-9)16(20)18(15(11)19)14-5-3-4-10(2)13(14)8-17/h3-5,9,11-12H,6-7H2,1-2H3. The van der Waals surface area contributed by atoms with E-state index in [4.69, 9.17) is 0 Å². The number of fused-ring (bicyclic) bond motifs is 1. The summed E-state index contributed by atoms with van der Waals surface area (Å²) < 4.78 is 0. The summed E-state index contributed by atoms with van der Waals surface area (Å²) in [6.45, 7) is 3.90. The lowest BCUT2D eigenvalue weighted by Crippen LogP contribution is -2.32. The third-order valence-corrected chi connectivity index (χ3v) is 4.48. The van der Waals surface area contributed by atoms with Crippen LogP contribution in [-0.2, 0) is 9.59 Å². The third kappa shape index (κ3) is 1.66. The first-order valence-corrected chi connectivity index (χ1v) is 6.92. The van der Waals surface area contributed by atoms with Crippen molar-refractivity contribution in [3.8, 4) is 6.07 Å². The molecule has 0 N–H and O–H groups in total. The second-order valence-electron chi connectivity index (χ2n) is 5.88. The predicted molar refractivity (Wildman–Crippen MR) is 73.8 cm³/mol. The molecular weight excluding hydrogens is 252 g/mol. The number of benzene rings is 1. The van der Waals surface area contributed by atoms with Gasteiger partial charge in [-0.05, 0) is 37.3 Å². The van der Waals surface area contributed by atoms with Crippen molar-refractivity contribution < 1.29 is 9.59 Å². The minimum atomic E-state index is -0.190. The average molecular weight is 268 g/mol. The Labute approximate surface area is 118 Å². The zero-order valence-electron chi connectivity index (χ0n) is 11.6. The van der Waals surface area contributed by atoms with Gasteiger partial charge in [0.05, 0.1) is 23.1 Å². The molecule has 2 fully saturated rings. The molecular formula is C16H16N2O2. The molecule has 0 spiro atoms. The second kappa shape index (κ2) is 4.45. The van der Waals surface area contributed by atoms with Crippen molar-refractivity contribution in [1.29, 1.82) is 5.26 Å². The molecule has 1 saturated heterocycles. The van der Waals surface area contributed by atoms with E-state index in [0.717, 1.165) is 18.4 Å². The van der Waals surface area contributed by atoms with Crippen LogP contribution in [0.5, 0.6) is 0 Å². The van der Waals surface area contributed by atoms with Gasteiger partial charge in [-0.15, -0.1) is 0 Å². The lowest BCUT2D eigenvalue weighted by molar-refractivity contribution is -0.123. The molecule has 1 heterocycles. The highest BCUT2D eigenvalue weighted by Gasteiger charge is 2.52. The molecule has 1 saturated carbocycles. The number of anilines is 1. The molecule has 102 valence electrons. The topological polar surface area (TPSA) is 61.2 Å². The van der Waals surface area contributed by atoms with Crippen molar-refractivity contribution in [3.05, 3.63) is 29.3 Å². The first-order valence-electron chi connectivity index (χ1n) is 6.92. The van der Waals surface area contributed by atoms with Crippen molar-refractivity contribution in [2.45, 2.75) is 26.7 Å². The number of nitrogens with zero attached hydrogens (tertiary/aromatic N) is 2. The molecule has 2 amide bonds. The third-order valence-electron chi connectivity index (χ3n) is 4.48. The quantitative estimate of drug-likeness (QED) is 0.735. The van der Waals surface area contributed by atoms with Crippen LogP contribution in [-0.4, -0.2) is 11.8 Å². The van der Waals surface area contributed by atoms with E-state index in [9.17, 15) is 14.9 Å². The molecule has 2 unspecified atom stereocenters. The highest BCUT2D eigenvalue weighted by molar-refractivity contribution is 6.22. The molecule has 1 aromatic rings. The summed E-state index contributed by atoms with van der Waals surface area (Å²) in [4.78, 5) is 26.3. The van der Waals surface area contributed by atoms with Gasteiger partial charge >= 0.3 is 0 Å². The minimum Gasteiger partial charge on any atom is -0.274 e. The van der Waals surface area contributed by atoms with Gasteiger partial charge in [-0.3, -0.25) is 9.59 Å². The van der Waals surface area contributed by atoms with E-state index in [2.05, 4.69) is 13.0 Å². The van der Waals surface area contributed by atoms with Crippen molar-refractivity contribution in [2.24, 2.45) is 17.8 Å². The Balaban J connectivity index is 2.05. The predicted octanol–water partition coefficient (Wildman–Crippen LogP) is 2.40.